The number of anilines is 1. The minimum absolute atomic E-state index is 0.0422. The number of ether oxygens (including phenoxy) is 1. The second-order valence-electron chi connectivity index (χ2n) is 8.04. The molecule has 0 bridgehead atoms. The average Bonchev–Trinajstić information content (AvgIpc) is 2.68. The van der Waals surface area contributed by atoms with Gasteiger partial charge >= 0.3 is 0 Å². The monoisotopic (exact) mass is 375 g/mol. The summed E-state index contributed by atoms with van der Waals surface area (Å²) in [6.45, 7) is 3.42. The summed E-state index contributed by atoms with van der Waals surface area (Å²) in [5, 5.41) is 12.4. The van der Waals surface area contributed by atoms with E-state index < -0.39 is 0 Å². The predicted molar refractivity (Wildman–Crippen MR) is 106 cm³/mol. The van der Waals surface area contributed by atoms with E-state index in [2.05, 4.69) is 20.4 Å². The lowest BCUT2D eigenvalue weighted by atomic mass is 9.92. The molecule has 1 amide bonds. The number of nitrogens with one attached hydrogen (secondary N) is 1. The molecule has 0 aromatic carbocycles. The van der Waals surface area contributed by atoms with Crippen LogP contribution in [0, 0.1) is 6.92 Å². The summed E-state index contributed by atoms with van der Waals surface area (Å²) in [6, 6.07) is 2.79. The molecule has 1 aliphatic carbocycles. The minimum Gasteiger partial charge on any atom is -0.378 e. The highest BCUT2D eigenvalue weighted by Crippen LogP contribution is 2.26. The van der Waals surface area contributed by atoms with Gasteiger partial charge in [-0.3, -0.25) is 4.79 Å². The van der Waals surface area contributed by atoms with E-state index in [0.29, 0.717) is 30.0 Å². The van der Waals surface area contributed by atoms with Gasteiger partial charge in [-0.2, -0.15) is 5.10 Å². The van der Waals surface area contributed by atoms with Crippen LogP contribution in [0.2, 0.25) is 0 Å². The maximum Gasteiger partial charge on any atom is 0.257 e. The van der Waals surface area contributed by atoms with E-state index in [1.165, 1.54) is 32.1 Å². The van der Waals surface area contributed by atoms with Gasteiger partial charge in [0.2, 0.25) is 0 Å². The van der Waals surface area contributed by atoms with Crippen LogP contribution >= 0.6 is 0 Å². The quantitative estimate of drug-likeness (QED) is 0.849. The van der Waals surface area contributed by atoms with Crippen LogP contribution < -0.4 is 10.2 Å². The molecule has 1 aromatic rings. The van der Waals surface area contributed by atoms with Crippen LogP contribution in [-0.4, -0.2) is 73.5 Å². The third-order valence-electron chi connectivity index (χ3n) is 5.75. The predicted octanol–water partition coefficient (Wildman–Crippen LogP) is 2.00. The molecular weight excluding hydrogens is 342 g/mol. The lowest BCUT2D eigenvalue weighted by Crippen LogP contribution is -2.56. The number of rotatable bonds is 5. The van der Waals surface area contributed by atoms with Crippen LogP contribution in [0.5, 0.6) is 0 Å². The number of hydrogen-bond acceptors (Lipinski definition) is 6. The molecular formula is C20H33N5O2. The Morgan fingerprint density at radius 1 is 1.22 bits per heavy atom. The largest absolute Gasteiger partial charge is 0.378 e. The summed E-state index contributed by atoms with van der Waals surface area (Å²) >= 11 is 0. The fraction of sp³-hybridized carbons (Fsp3) is 0.750. The standard InChI is InChI=1S/C20H33N5O2/c1-14-12-16(20(26)24(2)3)19(23-22-14)25-11-10-17(18(13-25)27-4)21-15-8-6-5-7-9-15/h12,15,17-18,21H,5-11,13H2,1-4H3. The van der Waals surface area contributed by atoms with E-state index in [4.69, 9.17) is 4.74 Å². The van der Waals surface area contributed by atoms with Gasteiger partial charge in [0.25, 0.3) is 5.91 Å². The lowest BCUT2D eigenvalue weighted by Gasteiger charge is -2.41. The molecule has 7 heteroatoms. The number of piperidine rings is 1. The Kier molecular flexibility index (Phi) is 6.65. The number of carbonyl (C=O) groups is 1. The molecule has 1 N–H and O–H groups in total. The highest BCUT2D eigenvalue weighted by Gasteiger charge is 2.33. The highest BCUT2D eigenvalue weighted by molar-refractivity contribution is 5.98. The van der Waals surface area contributed by atoms with E-state index in [1.54, 1.807) is 26.1 Å². The molecule has 2 unspecified atom stereocenters. The number of carbonyl (C=O) groups excluding carboxylic acids is 1. The third kappa shape index (κ3) is 4.76. The third-order valence-corrected chi connectivity index (χ3v) is 5.75. The smallest absolute Gasteiger partial charge is 0.257 e. The molecule has 2 atom stereocenters. The van der Waals surface area contributed by atoms with Crippen molar-refractivity contribution in [2.24, 2.45) is 0 Å². The summed E-state index contributed by atoms with van der Waals surface area (Å²) in [5.74, 6) is 0.622. The van der Waals surface area contributed by atoms with Gasteiger partial charge in [-0.1, -0.05) is 19.3 Å². The Balaban J connectivity index is 1.73. The number of hydrogen-bond donors (Lipinski definition) is 1. The summed E-state index contributed by atoms with van der Waals surface area (Å²) in [7, 11) is 5.30. The first-order chi connectivity index (χ1) is 13.0. The van der Waals surface area contributed by atoms with Crippen molar-refractivity contribution >= 4 is 11.7 Å². The molecule has 3 rings (SSSR count). The molecule has 1 saturated heterocycles. The zero-order valence-corrected chi connectivity index (χ0v) is 17.1. The Labute approximate surface area is 162 Å². The van der Waals surface area contributed by atoms with Crippen molar-refractivity contribution in [3.8, 4) is 0 Å². The molecule has 0 spiro atoms. The van der Waals surface area contributed by atoms with Crippen LogP contribution in [0.3, 0.4) is 0 Å². The Hall–Kier alpha value is -1.73. The van der Waals surface area contributed by atoms with Crippen LogP contribution in [0.15, 0.2) is 6.07 Å². The second kappa shape index (κ2) is 8.97. The van der Waals surface area contributed by atoms with E-state index in [9.17, 15) is 4.79 Å². The normalized spacial score (nSPS) is 24.1. The van der Waals surface area contributed by atoms with E-state index in [1.807, 2.05) is 13.0 Å². The van der Waals surface area contributed by atoms with Crippen LogP contribution in [-0.2, 0) is 4.74 Å². The first-order valence-electron chi connectivity index (χ1n) is 10.1. The van der Waals surface area contributed by atoms with Gasteiger partial charge < -0.3 is 19.9 Å². The second-order valence-corrected chi connectivity index (χ2v) is 8.04. The zero-order valence-electron chi connectivity index (χ0n) is 17.1. The van der Waals surface area contributed by atoms with Gasteiger partial charge in [-0.25, -0.2) is 0 Å². The van der Waals surface area contributed by atoms with Gasteiger partial charge in [0.05, 0.1) is 17.4 Å². The lowest BCUT2D eigenvalue weighted by molar-refractivity contribution is 0.0532. The SMILES string of the molecule is COC1CN(c2nnc(C)cc2C(=O)N(C)C)CCC1NC1CCCCC1. The van der Waals surface area contributed by atoms with E-state index in [-0.39, 0.29) is 12.0 Å². The number of aryl methyl sites for hydroxylation is 1. The molecule has 1 saturated carbocycles. The Morgan fingerprint density at radius 2 is 1.96 bits per heavy atom. The molecule has 2 fully saturated rings. The first-order valence-corrected chi connectivity index (χ1v) is 10.1. The van der Waals surface area contributed by atoms with Crippen molar-refractivity contribution in [2.45, 2.75) is 63.6 Å². The number of amides is 1. The van der Waals surface area contributed by atoms with Crippen molar-refractivity contribution in [1.82, 2.24) is 20.4 Å². The van der Waals surface area contributed by atoms with Crippen molar-refractivity contribution in [1.29, 1.82) is 0 Å². The molecule has 1 aromatic heterocycles. The van der Waals surface area contributed by atoms with Gasteiger partial charge in [0, 0.05) is 46.4 Å². The van der Waals surface area contributed by atoms with Crippen molar-refractivity contribution < 1.29 is 9.53 Å². The van der Waals surface area contributed by atoms with Crippen molar-refractivity contribution in [3.63, 3.8) is 0 Å². The molecule has 150 valence electrons. The van der Waals surface area contributed by atoms with Crippen LogP contribution in [0.1, 0.15) is 54.6 Å². The zero-order chi connectivity index (χ0) is 19.4. The van der Waals surface area contributed by atoms with Gasteiger partial charge in [0.1, 0.15) is 0 Å². The Morgan fingerprint density at radius 3 is 2.63 bits per heavy atom. The summed E-state index contributed by atoms with van der Waals surface area (Å²) in [4.78, 5) is 16.4. The summed E-state index contributed by atoms with van der Waals surface area (Å²) < 4.78 is 5.82. The Bertz CT molecular complexity index is 645. The highest BCUT2D eigenvalue weighted by atomic mass is 16.5. The first kappa shape index (κ1) is 20.0. The van der Waals surface area contributed by atoms with Gasteiger partial charge in [0.15, 0.2) is 5.82 Å². The maximum atomic E-state index is 12.6. The molecule has 2 aliphatic rings. The van der Waals surface area contributed by atoms with E-state index in [0.717, 1.165) is 18.7 Å². The van der Waals surface area contributed by atoms with Crippen molar-refractivity contribution in [3.05, 3.63) is 17.3 Å². The van der Waals surface area contributed by atoms with Gasteiger partial charge in [-0.15, -0.1) is 5.10 Å². The number of aromatic nitrogens is 2. The van der Waals surface area contributed by atoms with E-state index >= 15 is 0 Å². The molecule has 1 aliphatic heterocycles. The topological polar surface area (TPSA) is 70.6 Å². The number of methoxy groups -OCH3 is 1. The van der Waals surface area contributed by atoms with Gasteiger partial charge in [-0.05, 0) is 32.3 Å². The minimum atomic E-state index is -0.0422. The fourth-order valence-electron chi connectivity index (χ4n) is 4.22. The molecule has 27 heavy (non-hydrogen) atoms. The summed E-state index contributed by atoms with van der Waals surface area (Å²) in [5.41, 5.74) is 1.36. The molecule has 0 radical (unpaired) electrons. The maximum absolute atomic E-state index is 12.6. The summed E-state index contributed by atoms with van der Waals surface area (Å²) in [6.07, 6.45) is 7.58. The van der Waals surface area contributed by atoms with Crippen LogP contribution in [0.25, 0.3) is 0 Å². The van der Waals surface area contributed by atoms with Crippen molar-refractivity contribution in [2.75, 3.05) is 39.2 Å². The number of nitrogens with zero attached hydrogens (tertiary/aromatic N) is 4. The molecule has 2 heterocycles. The average molecular weight is 376 g/mol. The van der Waals surface area contributed by atoms with Crippen LogP contribution in [0.4, 0.5) is 5.82 Å². The fourth-order valence-corrected chi connectivity index (χ4v) is 4.22. The molecule has 7 nitrogen and oxygen atoms in total.